The van der Waals surface area contributed by atoms with E-state index in [4.69, 9.17) is 11.0 Å². The van der Waals surface area contributed by atoms with Crippen LogP contribution in [-0.2, 0) is 6.54 Å². The number of nitrogen functional groups attached to an aromatic ring is 1. The summed E-state index contributed by atoms with van der Waals surface area (Å²) in [6.07, 6.45) is 0. The Bertz CT molecular complexity index is 538. The molecule has 3 N–H and O–H groups in total. The lowest BCUT2D eigenvalue weighted by Gasteiger charge is -2.08. The maximum Gasteiger partial charge on any atom is 0.101 e. The molecule has 0 unspecified atom stereocenters. The first-order valence-electron chi connectivity index (χ1n) is 5.37. The predicted molar refractivity (Wildman–Crippen MR) is 69.3 cm³/mol. The molecule has 0 saturated heterocycles. The number of hydrogen-bond acceptors (Lipinski definition) is 3. The topological polar surface area (TPSA) is 61.8 Å². The van der Waals surface area contributed by atoms with Gasteiger partial charge < -0.3 is 11.1 Å². The summed E-state index contributed by atoms with van der Waals surface area (Å²) in [6, 6.07) is 17.3. The van der Waals surface area contributed by atoms with Crippen LogP contribution in [0.25, 0.3) is 0 Å². The molecule has 0 spiro atoms. The largest absolute Gasteiger partial charge is 0.399 e. The van der Waals surface area contributed by atoms with Gasteiger partial charge in [0.1, 0.15) is 6.07 Å². The van der Waals surface area contributed by atoms with Crippen molar-refractivity contribution in [2.75, 3.05) is 11.1 Å². The molecule has 0 fully saturated rings. The lowest BCUT2D eigenvalue weighted by atomic mass is 10.1. The molecule has 84 valence electrons. The molecule has 0 aromatic heterocycles. The third kappa shape index (κ3) is 2.76. The summed E-state index contributed by atoms with van der Waals surface area (Å²) in [5.41, 5.74) is 9.01. The average Bonchev–Trinajstić information content (AvgIpc) is 2.38. The molecule has 0 heterocycles. The predicted octanol–water partition coefficient (Wildman–Crippen LogP) is 2.75. The first-order valence-corrected chi connectivity index (χ1v) is 5.37. The smallest absolute Gasteiger partial charge is 0.101 e. The Labute approximate surface area is 101 Å². The van der Waals surface area contributed by atoms with Crippen LogP contribution in [0.4, 0.5) is 11.4 Å². The normalized spacial score (nSPS) is 9.59. The minimum Gasteiger partial charge on any atom is -0.399 e. The Morgan fingerprint density at radius 3 is 2.47 bits per heavy atom. The van der Waals surface area contributed by atoms with Crippen molar-refractivity contribution in [3.63, 3.8) is 0 Å². The van der Waals surface area contributed by atoms with Crippen LogP contribution in [0.1, 0.15) is 11.1 Å². The van der Waals surface area contributed by atoms with Crippen LogP contribution < -0.4 is 11.1 Å². The SMILES string of the molecule is N#Cc1ccccc1NCc1ccc(N)cc1. The molecule has 0 radical (unpaired) electrons. The number of para-hydroxylation sites is 1. The molecular formula is C14H13N3. The van der Waals surface area contributed by atoms with Crippen molar-refractivity contribution < 1.29 is 0 Å². The Morgan fingerprint density at radius 1 is 1.06 bits per heavy atom. The van der Waals surface area contributed by atoms with E-state index >= 15 is 0 Å². The van der Waals surface area contributed by atoms with Gasteiger partial charge in [-0.2, -0.15) is 5.26 Å². The van der Waals surface area contributed by atoms with Gasteiger partial charge in [0.05, 0.1) is 11.3 Å². The Kier molecular flexibility index (Phi) is 3.27. The van der Waals surface area contributed by atoms with Gasteiger partial charge in [-0.1, -0.05) is 24.3 Å². The van der Waals surface area contributed by atoms with Crippen LogP contribution in [-0.4, -0.2) is 0 Å². The summed E-state index contributed by atoms with van der Waals surface area (Å²) in [7, 11) is 0. The van der Waals surface area contributed by atoms with E-state index in [-0.39, 0.29) is 0 Å². The van der Waals surface area contributed by atoms with Crippen LogP contribution in [0.15, 0.2) is 48.5 Å². The van der Waals surface area contributed by atoms with E-state index in [0.717, 1.165) is 16.9 Å². The Morgan fingerprint density at radius 2 is 1.76 bits per heavy atom. The number of nitrogens with one attached hydrogen (secondary N) is 1. The van der Waals surface area contributed by atoms with E-state index in [1.807, 2.05) is 42.5 Å². The number of rotatable bonds is 3. The lowest BCUT2D eigenvalue weighted by Crippen LogP contribution is -2.01. The fraction of sp³-hybridized carbons (Fsp3) is 0.0714. The van der Waals surface area contributed by atoms with Crippen LogP contribution in [0.2, 0.25) is 0 Å². The van der Waals surface area contributed by atoms with E-state index in [0.29, 0.717) is 12.1 Å². The molecule has 3 nitrogen and oxygen atoms in total. The fourth-order valence-corrected chi connectivity index (χ4v) is 1.57. The standard InChI is InChI=1S/C14H13N3/c15-9-12-3-1-2-4-14(12)17-10-11-5-7-13(16)8-6-11/h1-8,17H,10,16H2. The van der Waals surface area contributed by atoms with Gasteiger partial charge in [0.15, 0.2) is 0 Å². The second kappa shape index (κ2) is 5.04. The highest BCUT2D eigenvalue weighted by molar-refractivity contribution is 5.57. The van der Waals surface area contributed by atoms with Crippen LogP contribution >= 0.6 is 0 Å². The number of hydrogen-bond donors (Lipinski definition) is 2. The highest BCUT2D eigenvalue weighted by Gasteiger charge is 1.99. The fourth-order valence-electron chi connectivity index (χ4n) is 1.57. The van der Waals surface area contributed by atoms with E-state index in [9.17, 15) is 0 Å². The van der Waals surface area contributed by atoms with E-state index < -0.39 is 0 Å². The summed E-state index contributed by atoms with van der Waals surface area (Å²) < 4.78 is 0. The van der Waals surface area contributed by atoms with Gasteiger partial charge in [-0.05, 0) is 29.8 Å². The number of nitriles is 1. The quantitative estimate of drug-likeness (QED) is 0.786. The molecule has 0 aliphatic heterocycles. The van der Waals surface area contributed by atoms with Gasteiger partial charge in [-0.15, -0.1) is 0 Å². The minimum absolute atomic E-state index is 0.656. The zero-order chi connectivity index (χ0) is 12.1. The molecule has 2 aromatic rings. The number of anilines is 2. The van der Waals surface area contributed by atoms with Crippen molar-refractivity contribution in [2.24, 2.45) is 0 Å². The molecule has 2 aromatic carbocycles. The molecule has 0 atom stereocenters. The van der Waals surface area contributed by atoms with Crippen molar-refractivity contribution >= 4 is 11.4 Å². The van der Waals surface area contributed by atoms with Crippen LogP contribution in [0.3, 0.4) is 0 Å². The molecule has 0 amide bonds. The second-order valence-corrected chi connectivity index (χ2v) is 3.75. The summed E-state index contributed by atoms with van der Waals surface area (Å²) in [6.45, 7) is 0.680. The van der Waals surface area contributed by atoms with E-state index in [1.165, 1.54) is 0 Å². The van der Waals surface area contributed by atoms with Gasteiger partial charge in [0, 0.05) is 12.2 Å². The minimum atomic E-state index is 0.656. The molecule has 3 heteroatoms. The van der Waals surface area contributed by atoms with Gasteiger partial charge in [0.25, 0.3) is 0 Å². The molecule has 0 aliphatic carbocycles. The summed E-state index contributed by atoms with van der Waals surface area (Å²) in [5, 5.41) is 12.2. The summed E-state index contributed by atoms with van der Waals surface area (Å²) in [4.78, 5) is 0. The molecule has 17 heavy (non-hydrogen) atoms. The van der Waals surface area contributed by atoms with E-state index in [1.54, 1.807) is 6.07 Å². The molecule has 0 aliphatic rings. The number of nitrogens with two attached hydrogens (primary N) is 1. The molecule has 2 rings (SSSR count). The van der Waals surface area contributed by atoms with Crippen molar-refractivity contribution in [2.45, 2.75) is 6.54 Å². The van der Waals surface area contributed by atoms with Crippen molar-refractivity contribution in [3.05, 3.63) is 59.7 Å². The molecule has 0 saturated carbocycles. The zero-order valence-corrected chi connectivity index (χ0v) is 9.35. The maximum absolute atomic E-state index is 8.95. The van der Waals surface area contributed by atoms with Crippen LogP contribution in [0.5, 0.6) is 0 Å². The Balaban J connectivity index is 2.08. The van der Waals surface area contributed by atoms with Gasteiger partial charge >= 0.3 is 0 Å². The van der Waals surface area contributed by atoms with Crippen molar-refractivity contribution in [3.8, 4) is 6.07 Å². The van der Waals surface area contributed by atoms with Gasteiger partial charge in [-0.3, -0.25) is 0 Å². The highest BCUT2D eigenvalue weighted by Crippen LogP contribution is 2.15. The zero-order valence-electron chi connectivity index (χ0n) is 9.35. The van der Waals surface area contributed by atoms with Crippen molar-refractivity contribution in [1.82, 2.24) is 0 Å². The monoisotopic (exact) mass is 223 g/mol. The van der Waals surface area contributed by atoms with Gasteiger partial charge in [0.2, 0.25) is 0 Å². The first kappa shape index (κ1) is 11.0. The number of nitrogens with zero attached hydrogens (tertiary/aromatic N) is 1. The Hall–Kier alpha value is -2.47. The third-order valence-electron chi connectivity index (χ3n) is 2.51. The first-order chi connectivity index (χ1) is 8.29. The summed E-state index contributed by atoms with van der Waals surface area (Å²) >= 11 is 0. The lowest BCUT2D eigenvalue weighted by molar-refractivity contribution is 1.15. The maximum atomic E-state index is 8.95. The molecule has 0 bridgehead atoms. The van der Waals surface area contributed by atoms with Gasteiger partial charge in [-0.25, -0.2) is 0 Å². The van der Waals surface area contributed by atoms with Crippen LogP contribution in [0, 0.1) is 11.3 Å². The molecular weight excluding hydrogens is 210 g/mol. The van der Waals surface area contributed by atoms with Crippen molar-refractivity contribution in [1.29, 1.82) is 5.26 Å². The number of benzene rings is 2. The second-order valence-electron chi connectivity index (χ2n) is 3.75. The summed E-state index contributed by atoms with van der Waals surface area (Å²) in [5.74, 6) is 0. The average molecular weight is 223 g/mol. The third-order valence-corrected chi connectivity index (χ3v) is 2.51. The highest BCUT2D eigenvalue weighted by atomic mass is 14.9. The van der Waals surface area contributed by atoms with E-state index in [2.05, 4.69) is 11.4 Å².